The van der Waals surface area contributed by atoms with E-state index in [-0.39, 0.29) is 11.3 Å². The van der Waals surface area contributed by atoms with Gasteiger partial charge in [0.2, 0.25) is 0 Å². The summed E-state index contributed by atoms with van der Waals surface area (Å²) in [6.45, 7) is 1.54. The minimum absolute atomic E-state index is 0.0238. The zero-order chi connectivity index (χ0) is 21.3. The first kappa shape index (κ1) is 20.2. The smallest absolute Gasteiger partial charge is 0.338 e. The molecule has 4 saturated carbocycles. The predicted molar refractivity (Wildman–Crippen MR) is 104 cm³/mol. The van der Waals surface area contributed by atoms with Crippen molar-refractivity contribution in [3.05, 3.63) is 29.6 Å². The first-order valence-electron chi connectivity index (χ1n) is 10.7. The van der Waals surface area contributed by atoms with E-state index < -0.39 is 39.9 Å². The molecule has 1 aromatic rings. The summed E-state index contributed by atoms with van der Waals surface area (Å²) in [4.78, 5) is 12.2. The standard InChI is InChI=1S/C22H27FO6S/c1-22(11-15-9-16(22)20-13-3-2-12(8-13)19(15)20)29-18-10-14(4-5-17(18)23)21(24)28-6-7-30(25,26)27/h4-5,10,12-13,15-16,19-20H,2-3,6-9,11H2,1H3,(H,25,26,27)/p-1. The van der Waals surface area contributed by atoms with E-state index in [1.165, 1.54) is 31.4 Å². The third-order valence-corrected chi connectivity index (χ3v) is 8.81. The maximum atomic E-state index is 14.5. The van der Waals surface area contributed by atoms with Gasteiger partial charge in [-0.25, -0.2) is 17.6 Å². The number of benzene rings is 1. The molecule has 164 valence electrons. The summed E-state index contributed by atoms with van der Waals surface area (Å²) in [6.07, 6.45) is 6.06. The third-order valence-electron chi connectivity index (χ3n) is 8.14. The molecule has 4 bridgehead atoms. The Bertz CT molecular complexity index is 978. The Balaban J connectivity index is 1.31. The van der Waals surface area contributed by atoms with Crippen molar-refractivity contribution in [3.63, 3.8) is 0 Å². The molecule has 8 heteroatoms. The van der Waals surface area contributed by atoms with Gasteiger partial charge in [0.15, 0.2) is 11.6 Å². The van der Waals surface area contributed by atoms with Crippen molar-refractivity contribution < 1.29 is 31.6 Å². The largest absolute Gasteiger partial charge is 0.748 e. The molecule has 0 aromatic heterocycles. The van der Waals surface area contributed by atoms with Crippen LogP contribution < -0.4 is 4.74 Å². The number of carbonyl (C=O) groups is 1. The Hall–Kier alpha value is -1.67. The van der Waals surface area contributed by atoms with Crippen LogP contribution >= 0.6 is 0 Å². The van der Waals surface area contributed by atoms with Crippen molar-refractivity contribution in [2.24, 2.45) is 35.5 Å². The fraction of sp³-hybridized carbons (Fsp3) is 0.682. The molecule has 0 amide bonds. The highest BCUT2D eigenvalue weighted by Crippen LogP contribution is 2.70. The highest BCUT2D eigenvalue weighted by molar-refractivity contribution is 7.85. The molecule has 1 aromatic carbocycles. The normalized spacial score (nSPS) is 38.6. The lowest BCUT2D eigenvalue weighted by molar-refractivity contribution is -0.0325. The topological polar surface area (TPSA) is 92.7 Å². The monoisotopic (exact) mass is 437 g/mol. The van der Waals surface area contributed by atoms with Crippen LogP contribution in [0.5, 0.6) is 5.75 Å². The molecule has 6 nitrogen and oxygen atoms in total. The van der Waals surface area contributed by atoms with Gasteiger partial charge in [0.25, 0.3) is 0 Å². The van der Waals surface area contributed by atoms with Crippen LogP contribution in [0.25, 0.3) is 0 Å². The lowest BCUT2D eigenvalue weighted by Crippen LogP contribution is -2.46. The third kappa shape index (κ3) is 3.32. The minimum Gasteiger partial charge on any atom is -0.748 e. The molecule has 4 fully saturated rings. The summed E-state index contributed by atoms with van der Waals surface area (Å²) >= 11 is 0. The van der Waals surface area contributed by atoms with Crippen molar-refractivity contribution in [1.82, 2.24) is 0 Å². The van der Waals surface area contributed by atoms with Crippen molar-refractivity contribution in [3.8, 4) is 5.75 Å². The van der Waals surface area contributed by atoms with E-state index in [9.17, 15) is 22.2 Å². The van der Waals surface area contributed by atoms with Gasteiger partial charge in [0, 0.05) is 5.92 Å². The molecular formula is C22H26FO6S-. The summed E-state index contributed by atoms with van der Waals surface area (Å²) < 4.78 is 57.6. The van der Waals surface area contributed by atoms with Gasteiger partial charge in [0.05, 0.1) is 21.4 Å². The molecule has 0 N–H and O–H groups in total. The van der Waals surface area contributed by atoms with Crippen LogP contribution in [0.4, 0.5) is 4.39 Å². The van der Waals surface area contributed by atoms with E-state index in [4.69, 9.17) is 9.47 Å². The SMILES string of the molecule is CC1(Oc2cc(C(=O)OCCS(=O)(=O)[O-])ccc2F)CC2CC1C1C3CCC(C3)C21. The molecule has 5 rings (SSSR count). The van der Waals surface area contributed by atoms with E-state index in [0.29, 0.717) is 17.8 Å². The predicted octanol–water partition coefficient (Wildman–Crippen LogP) is 3.37. The number of hydrogen-bond acceptors (Lipinski definition) is 6. The Morgan fingerprint density at radius 1 is 1.20 bits per heavy atom. The fourth-order valence-electron chi connectivity index (χ4n) is 7.26. The van der Waals surface area contributed by atoms with Crippen LogP contribution in [0.3, 0.4) is 0 Å². The average Bonchev–Trinajstić information content (AvgIpc) is 3.40. The number of hydrogen-bond donors (Lipinski definition) is 0. The van der Waals surface area contributed by atoms with Crippen LogP contribution in [-0.2, 0) is 14.9 Å². The Kier molecular flexibility index (Phi) is 4.67. The zero-order valence-electron chi connectivity index (χ0n) is 16.9. The van der Waals surface area contributed by atoms with Crippen LogP contribution in [-0.4, -0.2) is 36.9 Å². The van der Waals surface area contributed by atoms with Crippen LogP contribution in [0, 0.1) is 41.3 Å². The van der Waals surface area contributed by atoms with Crippen molar-refractivity contribution >= 4 is 16.1 Å². The van der Waals surface area contributed by atoms with Gasteiger partial charge in [-0.2, -0.15) is 0 Å². The molecule has 4 aliphatic carbocycles. The first-order chi connectivity index (χ1) is 14.1. The van der Waals surface area contributed by atoms with Crippen molar-refractivity contribution in [1.29, 1.82) is 0 Å². The highest BCUT2D eigenvalue weighted by atomic mass is 32.2. The van der Waals surface area contributed by atoms with Crippen LogP contribution in [0.15, 0.2) is 18.2 Å². The first-order valence-corrected chi connectivity index (χ1v) is 12.3. The lowest BCUT2D eigenvalue weighted by atomic mass is 9.66. The van der Waals surface area contributed by atoms with E-state index in [0.717, 1.165) is 36.7 Å². The van der Waals surface area contributed by atoms with Crippen LogP contribution in [0.2, 0.25) is 0 Å². The summed E-state index contributed by atoms with van der Waals surface area (Å²) in [7, 11) is -4.47. The molecule has 30 heavy (non-hydrogen) atoms. The molecule has 0 heterocycles. The molecule has 0 spiro atoms. The molecule has 7 atom stereocenters. The second-order valence-corrected chi connectivity index (χ2v) is 11.3. The summed E-state index contributed by atoms with van der Waals surface area (Å²) in [6, 6.07) is 3.75. The lowest BCUT2D eigenvalue weighted by Gasteiger charge is -2.44. The van der Waals surface area contributed by atoms with Gasteiger partial charge in [0.1, 0.15) is 12.2 Å². The minimum atomic E-state index is -4.47. The quantitative estimate of drug-likeness (QED) is 0.385. The number of halogens is 1. The number of rotatable bonds is 6. The van der Waals surface area contributed by atoms with Gasteiger partial charge in [-0.3, -0.25) is 0 Å². The van der Waals surface area contributed by atoms with Crippen LogP contribution in [0.1, 0.15) is 49.4 Å². The van der Waals surface area contributed by atoms with Gasteiger partial charge in [-0.05, 0) is 86.8 Å². The Morgan fingerprint density at radius 3 is 2.67 bits per heavy atom. The number of carbonyl (C=O) groups excluding carboxylic acids is 1. The van der Waals surface area contributed by atoms with Gasteiger partial charge < -0.3 is 14.0 Å². The summed E-state index contributed by atoms with van der Waals surface area (Å²) in [5.74, 6) is 2.08. The second-order valence-electron chi connectivity index (χ2n) is 9.75. The number of ether oxygens (including phenoxy) is 2. The Labute approximate surface area is 175 Å². The molecule has 4 aliphatic rings. The zero-order valence-corrected chi connectivity index (χ0v) is 17.7. The molecule has 0 radical (unpaired) electrons. The fourth-order valence-corrected chi connectivity index (χ4v) is 7.55. The van der Waals surface area contributed by atoms with E-state index >= 15 is 0 Å². The van der Waals surface area contributed by atoms with E-state index in [2.05, 4.69) is 6.92 Å². The molecule has 0 saturated heterocycles. The maximum absolute atomic E-state index is 14.5. The van der Waals surface area contributed by atoms with E-state index in [1.807, 2.05) is 0 Å². The van der Waals surface area contributed by atoms with Gasteiger partial charge in [-0.15, -0.1) is 0 Å². The number of fused-ring (bicyclic) bond motifs is 9. The summed E-state index contributed by atoms with van der Waals surface area (Å²) in [5, 5.41) is 0. The molecule has 7 unspecified atom stereocenters. The van der Waals surface area contributed by atoms with E-state index in [1.54, 1.807) is 0 Å². The maximum Gasteiger partial charge on any atom is 0.338 e. The molecule has 0 aliphatic heterocycles. The molecular weight excluding hydrogens is 411 g/mol. The average molecular weight is 438 g/mol. The number of esters is 1. The van der Waals surface area contributed by atoms with Gasteiger partial charge >= 0.3 is 5.97 Å². The van der Waals surface area contributed by atoms with Crippen molar-refractivity contribution in [2.45, 2.75) is 44.6 Å². The summed E-state index contributed by atoms with van der Waals surface area (Å²) in [5.41, 5.74) is -0.379. The van der Waals surface area contributed by atoms with Gasteiger partial charge in [-0.1, -0.05) is 0 Å². The highest BCUT2D eigenvalue weighted by Gasteiger charge is 2.66. The second kappa shape index (κ2) is 6.92. The van der Waals surface area contributed by atoms with Crippen molar-refractivity contribution in [2.75, 3.05) is 12.4 Å². The Morgan fingerprint density at radius 2 is 1.93 bits per heavy atom.